The average Bonchev–Trinajstić information content (AvgIpc) is 2.72. The van der Waals surface area contributed by atoms with Crippen LogP contribution in [0.4, 0.5) is 0 Å². The van der Waals surface area contributed by atoms with E-state index in [0.29, 0.717) is 12.5 Å². The van der Waals surface area contributed by atoms with Gasteiger partial charge in [0.05, 0.1) is 12.6 Å². The van der Waals surface area contributed by atoms with Gasteiger partial charge in [0.25, 0.3) is 0 Å². The van der Waals surface area contributed by atoms with E-state index < -0.39 is 0 Å². The molecule has 1 saturated carbocycles. The zero-order chi connectivity index (χ0) is 14.2. The minimum absolute atomic E-state index is 0.00231. The minimum Gasteiger partial charge on any atom is -0.394 e. The third-order valence-electron chi connectivity index (χ3n) is 5.15. The summed E-state index contributed by atoms with van der Waals surface area (Å²) in [7, 11) is 0. The van der Waals surface area contributed by atoms with Crippen molar-refractivity contribution in [3.63, 3.8) is 0 Å². The average molecular weight is 273 g/mol. The summed E-state index contributed by atoms with van der Waals surface area (Å²) in [5.41, 5.74) is 1.15. The Balaban J connectivity index is 1.93. The van der Waals surface area contributed by atoms with Crippen LogP contribution in [0.15, 0.2) is 30.3 Å². The van der Waals surface area contributed by atoms with Crippen LogP contribution >= 0.6 is 0 Å². The molecule has 1 saturated heterocycles. The van der Waals surface area contributed by atoms with E-state index >= 15 is 0 Å². The lowest BCUT2D eigenvalue weighted by Crippen LogP contribution is -2.44. The minimum atomic E-state index is -0.186. The zero-order valence-electron chi connectivity index (χ0n) is 12.1. The van der Waals surface area contributed by atoms with E-state index in [2.05, 4.69) is 6.92 Å². The Kier molecular flexibility index (Phi) is 3.55. The molecule has 20 heavy (non-hydrogen) atoms. The lowest BCUT2D eigenvalue weighted by atomic mass is 9.72. The fourth-order valence-electron chi connectivity index (χ4n) is 4.09. The molecular weight excluding hydrogens is 250 g/mol. The number of aliphatic hydroxyl groups excluding tert-OH is 1. The molecule has 1 aromatic carbocycles. The maximum atomic E-state index is 12.5. The molecule has 3 heteroatoms. The normalized spacial score (nSPS) is 31.2. The van der Waals surface area contributed by atoms with Gasteiger partial charge in [0.2, 0.25) is 5.91 Å². The molecule has 108 valence electrons. The molecule has 2 fully saturated rings. The zero-order valence-corrected chi connectivity index (χ0v) is 12.1. The molecule has 0 radical (unpaired) electrons. The Morgan fingerprint density at radius 2 is 2.10 bits per heavy atom. The number of hydrogen-bond acceptors (Lipinski definition) is 2. The SMILES string of the molecule is C[C@@]12CCCC[C@@H]1N([C@H](CO)c1ccccc1)C(=O)C2. The summed E-state index contributed by atoms with van der Waals surface area (Å²) in [6.07, 6.45) is 5.26. The topological polar surface area (TPSA) is 40.5 Å². The van der Waals surface area contributed by atoms with Crippen molar-refractivity contribution in [2.24, 2.45) is 5.41 Å². The van der Waals surface area contributed by atoms with Gasteiger partial charge in [-0.15, -0.1) is 0 Å². The number of carbonyl (C=O) groups is 1. The number of hydrogen-bond donors (Lipinski definition) is 1. The molecule has 2 aliphatic rings. The van der Waals surface area contributed by atoms with Gasteiger partial charge in [0.1, 0.15) is 0 Å². The lowest BCUT2D eigenvalue weighted by Gasteiger charge is -2.41. The summed E-state index contributed by atoms with van der Waals surface area (Å²) >= 11 is 0. The van der Waals surface area contributed by atoms with Crippen molar-refractivity contribution in [2.75, 3.05) is 6.61 Å². The van der Waals surface area contributed by atoms with E-state index in [0.717, 1.165) is 18.4 Å². The number of benzene rings is 1. The Morgan fingerprint density at radius 1 is 1.35 bits per heavy atom. The van der Waals surface area contributed by atoms with Gasteiger partial charge in [-0.2, -0.15) is 0 Å². The Hall–Kier alpha value is -1.35. The first-order valence-corrected chi connectivity index (χ1v) is 7.63. The smallest absolute Gasteiger partial charge is 0.224 e. The van der Waals surface area contributed by atoms with Crippen molar-refractivity contribution in [1.29, 1.82) is 0 Å². The second-order valence-electron chi connectivity index (χ2n) is 6.50. The molecule has 0 aromatic heterocycles. The van der Waals surface area contributed by atoms with Gasteiger partial charge in [-0.25, -0.2) is 0 Å². The predicted octanol–water partition coefficient (Wildman–Crippen LogP) is 2.90. The first-order chi connectivity index (χ1) is 9.65. The molecular formula is C17H23NO2. The highest BCUT2D eigenvalue weighted by atomic mass is 16.3. The van der Waals surface area contributed by atoms with Gasteiger partial charge in [-0.1, -0.05) is 50.1 Å². The number of rotatable bonds is 3. The Labute approximate surface area is 120 Å². The van der Waals surface area contributed by atoms with Crippen molar-refractivity contribution in [3.8, 4) is 0 Å². The van der Waals surface area contributed by atoms with Crippen LogP contribution in [0.25, 0.3) is 0 Å². The quantitative estimate of drug-likeness (QED) is 0.920. The van der Waals surface area contributed by atoms with Crippen LogP contribution in [0.2, 0.25) is 0 Å². The molecule has 3 nitrogen and oxygen atoms in total. The molecule has 1 aliphatic carbocycles. The van der Waals surface area contributed by atoms with E-state index in [4.69, 9.17) is 0 Å². The fraction of sp³-hybridized carbons (Fsp3) is 0.588. The van der Waals surface area contributed by atoms with Gasteiger partial charge in [0, 0.05) is 12.5 Å². The highest BCUT2D eigenvalue weighted by Crippen LogP contribution is 2.49. The van der Waals surface area contributed by atoms with E-state index in [1.165, 1.54) is 12.8 Å². The van der Waals surface area contributed by atoms with E-state index in [1.807, 2.05) is 35.2 Å². The summed E-state index contributed by atoms with van der Waals surface area (Å²) in [6.45, 7) is 2.25. The molecule has 1 N–H and O–H groups in total. The molecule has 1 amide bonds. The van der Waals surface area contributed by atoms with Crippen LogP contribution in [0.3, 0.4) is 0 Å². The molecule has 1 aliphatic heterocycles. The van der Waals surface area contributed by atoms with Crippen LogP contribution < -0.4 is 0 Å². The predicted molar refractivity (Wildman–Crippen MR) is 78.1 cm³/mol. The maximum absolute atomic E-state index is 12.5. The maximum Gasteiger partial charge on any atom is 0.224 e. The van der Waals surface area contributed by atoms with Gasteiger partial charge >= 0.3 is 0 Å². The second kappa shape index (κ2) is 5.21. The lowest BCUT2D eigenvalue weighted by molar-refractivity contribution is -0.132. The summed E-state index contributed by atoms with van der Waals surface area (Å²) in [4.78, 5) is 14.5. The second-order valence-corrected chi connectivity index (χ2v) is 6.50. The largest absolute Gasteiger partial charge is 0.394 e. The van der Waals surface area contributed by atoms with E-state index in [9.17, 15) is 9.90 Å². The van der Waals surface area contributed by atoms with Gasteiger partial charge in [-0.05, 0) is 23.8 Å². The number of likely N-dealkylation sites (tertiary alicyclic amines) is 1. The first-order valence-electron chi connectivity index (χ1n) is 7.63. The van der Waals surface area contributed by atoms with E-state index in [1.54, 1.807) is 0 Å². The van der Waals surface area contributed by atoms with Gasteiger partial charge in [0.15, 0.2) is 0 Å². The molecule has 3 atom stereocenters. The van der Waals surface area contributed by atoms with Crippen LogP contribution in [-0.2, 0) is 4.79 Å². The first kappa shape index (κ1) is 13.6. The number of nitrogens with zero attached hydrogens (tertiary/aromatic N) is 1. The van der Waals surface area contributed by atoms with Crippen molar-refractivity contribution in [1.82, 2.24) is 4.90 Å². The van der Waals surface area contributed by atoms with E-state index in [-0.39, 0.29) is 24.0 Å². The number of fused-ring (bicyclic) bond motifs is 1. The third-order valence-corrected chi connectivity index (χ3v) is 5.15. The molecule has 1 aromatic rings. The Morgan fingerprint density at radius 3 is 2.80 bits per heavy atom. The summed E-state index contributed by atoms with van der Waals surface area (Å²) in [5.74, 6) is 0.210. The fourth-order valence-corrected chi connectivity index (χ4v) is 4.09. The molecule has 1 heterocycles. The van der Waals surface area contributed by atoms with Gasteiger partial charge in [-0.3, -0.25) is 4.79 Å². The highest BCUT2D eigenvalue weighted by Gasteiger charge is 2.51. The third kappa shape index (κ3) is 2.14. The monoisotopic (exact) mass is 273 g/mol. The molecule has 0 unspecified atom stereocenters. The van der Waals surface area contributed by atoms with Crippen molar-refractivity contribution < 1.29 is 9.90 Å². The summed E-state index contributed by atoms with van der Waals surface area (Å²) in [5, 5.41) is 9.84. The van der Waals surface area contributed by atoms with Crippen LogP contribution in [0.1, 0.15) is 50.6 Å². The van der Waals surface area contributed by atoms with Crippen molar-refractivity contribution in [2.45, 2.75) is 51.1 Å². The Bertz CT molecular complexity index is 487. The highest BCUT2D eigenvalue weighted by molar-refractivity contribution is 5.80. The summed E-state index contributed by atoms with van der Waals surface area (Å²) < 4.78 is 0. The molecule has 0 bridgehead atoms. The van der Waals surface area contributed by atoms with Crippen molar-refractivity contribution >= 4 is 5.91 Å². The summed E-state index contributed by atoms with van der Waals surface area (Å²) in [6, 6.07) is 10.0. The van der Waals surface area contributed by atoms with Crippen LogP contribution in [0, 0.1) is 5.41 Å². The van der Waals surface area contributed by atoms with Crippen LogP contribution in [0.5, 0.6) is 0 Å². The standard InChI is InChI=1S/C17H23NO2/c1-17-10-6-5-9-15(17)18(16(20)11-17)14(12-19)13-7-3-2-4-8-13/h2-4,7-8,14-15,19H,5-6,9-12H2,1H3/t14-,15+,17+/m1/s1. The van der Waals surface area contributed by atoms with Crippen LogP contribution in [-0.4, -0.2) is 28.6 Å². The molecule has 0 spiro atoms. The number of amides is 1. The van der Waals surface area contributed by atoms with Crippen molar-refractivity contribution in [3.05, 3.63) is 35.9 Å². The van der Waals surface area contributed by atoms with Gasteiger partial charge < -0.3 is 10.0 Å². The molecule has 3 rings (SSSR count). The number of carbonyl (C=O) groups excluding carboxylic acids is 1. The number of aliphatic hydroxyl groups is 1.